The second kappa shape index (κ2) is 9.05. The molecule has 1 aliphatic heterocycles. The number of carbonyl (C=O) groups excluding carboxylic acids is 1. The molecule has 0 N–H and O–H groups in total. The Morgan fingerprint density at radius 3 is 2.03 bits per heavy atom. The zero-order chi connectivity index (χ0) is 20.1. The normalized spacial score (nSPS) is 15.0. The second-order valence-electron chi connectivity index (χ2n) is 7.56. The summed E-state index contributed by atoms with van der Waals surface area (Å²) < 4.78 is 2.04. The highest BCUT2D eigenvalue weighted by atomic mass is 16.2. The summed E-state index contributed by atoms with van der Waals surface area (Å²) in [5.41, 5.74) is 2.60. The van der Waals surface area contributed by atoms with Gasteiger partial charge in [-0.25, -0.2) is 4.98 Å². The van der Waals surface area contributed by atoms with Crippen LogP contribution >= 0.6 is 0 Å². The summed E-state index contributed by atoms with van der Waals surface area (Å²) in [6, 6.07) is 21.5. The van der Waals surface area contributed by atoms with E-state index in [1.54, 1.807) is 6.20 Å². The summed E-state index contributed by atoms with van der Waals surface area (Å²) in [5.74, 6) is 1.19. The number of amides is 1. The SMILES string of the molecule is Cc1nccn1CCC(=O)N1CCN(C(c2ccccc2)c2ccccc2)CC1. The summed E-state index contributed by atoms with van der Waals surface area (Å²) in [4.78, 5) is 21.4. The van der Waals surface area contributed by atoms with E-state index in [4.69, 9.17) is 0 Å². The van der Waals surface area contributed by atoms with E-state index in [-0.39, 0.29) is 11.9 Å². The van der Waals surface area contributed by atoms with E-state index in [2.05, 4.69) is 70.5 Å². The van der Waals surface area contributed by atoms with Crippen molar-refractivity contribution in [2.45, 2.75) is 25.9 Å². The maximum atomic E-state index is 12.7. The molecule has 2 heterocycles. The molecule has 29 heavy (non-hydrogen) atoms. The zero-order valence-electron chi connectivity index (χ0n) is 16.9. The van der Waals surface area contributed by atoms with Crippen LogP contribution in [0.2, 0.25) is 0 Å². The van der Waals surface area contributed by atoms with Crippen molar-refractivity contribution in [1.82, 2.24) is 19.4 Å². The van der Waals surface area contributed by atoms with Crippen LogP contribution in [0.4, 0.5) is 0 Å². The minimum absolute atomic E-state index is 0.225. The van der Waals surface area contributed by atoms with Crippen molar-refractivity contribution < 1.29 is 4.79 Å². The summed E-state index contributed by atoms with van der Waals surface area (Å²) >= 11 is 0. The fourth-order valence-corrected chi connectivity index (χ4v) is 4.13. The van der Waals surface area contributed by atoms with Gasteiger partial charge in [0, 0.05) is 51.5 Å². The fourth-order valence-electron chi connectivity index (χ4n) is 4.13. The molecule has 5 heteroatoms. The van der Waals surface area contributed by atoms with Crippen molar-refractivity contribution in [2.24, 2.45) is 0 Å². The lowest BCUT2D eigenvalue weighted by Crippen LogP contribution is -2.50. The molecular weight excluding hydrogens is 360 g/mol. The van der Waals surface area contributed by atoms with Crippen molar-refractivity contribution >= 4 is 5.91 Å². The number of hydrogen-bond donors (Lipinski definition) is 0. The molecule has 0 unspecified atom stereocenters. The van der Waals surface area contributed by atoms with E-state index in [1.807, 2.05) is 22.6 Å². The van der Waals surface area contributed by atoms with Gasteiger partial charge in [-0.2, -0.15) is 0 Å². The lowest BCUT2D eigenvalue weighted by atomic mass is 9.96. The summed E-state index contributed by atoms with van der Waals surface area (Å²) in [6.07, 6.45) is 4.24. The van der Waals surface area contributed by atoms with Crippen molar-refractivity contribution in [3.8, 4) is 0 Å². The quantitative estimate of drug-likeness (QED) is 0.649. The van der Waals surface area contributed by atoms with Gasteiger partial charge in [0.25, 0.3) is 0 Å². The Labute approximate surface area is 172 Å². The minimum atomic E-state index is 0.225. The first-order chi connectivity index (χ1) is 14.2. The van der Waals surface area contributed by atoms with Crippen molar-refractivity contribution in [1.29, 1.82) is 0 Å². The monoisotopic (exact) mass is 388 g/mol. The summed E-state index contributed by atoms with van der Waals surface area (Å²) in [7, 11) is 0. The van der Waals surface area contributed by atoms with Crippen LogP contribution < -0.4 is 0 Å². The van der Waals surface area contributed by atoms with Crippen molar-refractivity contribution in [3.05, 3.63) is 90.0 Å². The van der Waals surface area contributed by atoms with Crippen LogP contribution in [0.25, 0.3) is 0 Å². The van der Waals surface area contributed by atoms with Crippen molar-refractivity contribution in [3.63, 3.8) is 0 Å². The number of aromatic nitrogens is 2. The Hall–Kier alpha value is -2.92. The molecule has 150 valence electrons. The van der Waals surface area contributed by atoms with E-state index in [0.29, 0.717) is 13.0 Å². The fraction of sp³-hybridized carbons (Fsp3) is 0.333. The first-order valence-electron chi connectivity index (χ1n) is 10.3. The highest BCUT2D eigenvalue weighted by molar-refractivity contribution is 5.76. The minimum Gasteiger partial charge on any atom is -0.340 e. The van der Waals surface area contributed by atoms with Crippen LogP contribution in [0.3, 0.4) is 0 Å². The molecular formula is C24H28N4O. The average molecular weight is 389 g/mol. The summed E-state index contributed by atoms with van der Waals surface area (Å²) in [5, 5.41) is 0. The number of nitrogens with zero attached hydrogens (tertiary/aromatic N) is 4. The number of imidazole rings is 1. The van der Waals surface area contributed by atoms with Gasteiger partial charge in [0.2, 0.25) is 5.91 Å². The molecule has 0 spiro atoms. The van der Waals surface area contributed by atoms with Crippen LogP contribution in [0.1, 0.15) is 29.4 Å². The Bertz CT molecular complexity index is 875. The van der Waals surface area contributed by atoms with Crippen LogP contribution in [0, 0.1) is 6.92 Å². The largest absolute Gasteiger partial charge is 0.340 e. The molecule has 0 saturated carbocycles. The van der Waals surface area contributed by atoms with Gasteiger partial charge in [-0.1, -0.05) is 60.7 Å². The van der Waals surface area contributed by atoms with E-state index in [9.17, 15) is 4.79 Å². The molecule has 1 aromatic heterocycles. The second-order valence-corrected chi connectivity index (χ2v) is 7.56. The third-order valence-corrected chi connectivity index (χ3v) is 5.75. The molecule has 1 fully saturated rings. The predicted octanol–water partition coefficient (Wildman–Crippen LogP) is 3.52. The van der Waals surface area contributed by atoms with Gasteiger partial charge < -0.3 is 9.47 Å². The van der Waals surface area contributed by atoms with Gasteiger partial charge in [-0.05, 0) is 18.1 Å². The highest BCUT2D eigenvalue weighted by Gasteiger charge is 2.27. The van der Waals surface area contributed by atoms with Gasteiger partial charge in [-0.15, -0.1) is 0 Å². The predicted molar refractivity (Wildman–Crippen MR) is 114 cm³/mol. The lowest BCUT2D eigenvalue weighted by Gasteiger charge is -2.40. The number of carbonyl (C=O) groups is 1. The molecule has 0 bridgehead atoms. The molecule has 1 saturated heterocycles. The molecule has 3 aromatic rings. The first kappa shape index (κ1) is 19.4. The van der Waals surface area contributed by atoms with Crippen LogP contribution in [-0.4, -0.2) is 51.4 Å². The molecule has 5 nitrogen and oxygen atoms in total. The zero-order valence-corrected chi connectivity index (χ0v) is 16.9. The smallest absolute Gasteiger partial charge is 0.224 e. The number of hydrogen-bond acceptors (Lipinski definition) is 3. The van der Waals surface area contributed by atoms with E-state index in [1.165, 1.54) is 11.1 Å². The Kier molecular flexibility index (Phi) is 6.06. The standard InChI is InChI=1S/C24H28N4O/c1-20-25-13-15-26(20)14-12-23(29)27-16-18-28(19-17-27)24(21-8-4-2-5-9-21)22-10-6-3-7-11-22/h2-11,13,15,24H,12,14,16-19H2,1H3. The number of piperazine rings is 1. The van der Waals surface area contributed by atoms with Gasteiger partial charge >= 0.3 is 0 Å². The lowest BCUT2D eigenvalue weighted by molar-refractivity contribution is -0.133. The van der Waals surface area contributed by atoms with E-state index < -0.39 is 0 Å². The highest BCUT2D eigenvalue weighted by Crippen LogP contribution is 2.29. The molecule has 1 aliphatic rings. The summed E-state index contributed by atoms with van der Waals surface area (Å²) in [6.45, 7) is 5.97. The van der Waals surface area contributed by atoms with Gasteiger partial charge in [-0.3, -0.25) is 9.69 Å². The molecule has 1 amide bonds. The molecule has 2 aromatic carbocycles. The van der Waals surface area contributed by atoms with E-state index in [0.717, 1.165) is 32.0 Å². The third-order valence-electron chi connectivity index (χ3n) is 5.75. The van der Waals surface area contributed by atoms with Crippen LogP contribution in [0.15, 0.2) is 73.1 Å². The number of rotatable bonds is 6. The maximum Gasteiger partial charge on any atom is 0.224 e. The average Bonchev–Trinajstić information content (AvgIpc) is 3.19. The van der Waals surface area contributed by atoms with Gasteiger partial charge in [0.1, 0.15) is 5.82 Å². The first-order valence-corrected chi connectivity index (χ1v) is 10.3. The Balaban J connectivity index is 1.40. The third kappa shape index (κ3) is 4.57. The Morgan fingerprint density at radius 1 is 0.931 bits per heavy atom. The Morgan fingerprint density at radius 2 is 1.52 bits per heavy atom. The topological polar surface area (TPSA) is 41.4 Å². The number of benzene rings is 2. The van der Waals surface area contributed by atoms with E-state index >= 15 is 0 Å². The number of aryl methyl sites for hydroxylation is 2. The van der Waals surface area contributed by atoms with Crippen LogP contribution in [0.5, 0.6) is 0 Å². The van der Waals surface area contributed by atoms with Crippen molar-refractivity contribution in [2.75, 3.05) is 26.2 Å². The van der Waals surface area contributed by atoms with Gasteiger partial charge in [0.15, 0.2) is 0 Å². The van der Waals surface area contributed by atoms with Crippen LogP contribution in [-0.2, 0) is 11.3 Å². The maximum absolute atomic E-state index is 12.7. The van der Waals surface area contributed by atoms with Gasteiger partial charge in [0.05, 0.1) is 6.04 Å². The molecule has 4 rings (SSSR count). The molecule has 0 aliphatic carbocycles. The molecule has 0 radical (unpaired) electrons. The molecule has 0 atom stereocenters.